The van der Waals surface area contributed by atoms with Gasteiger partial charge in [-0.15, -0.1) is 0 Å². The minimum absolute atomic E-state index is 0.0549. The molecule has 2 atom stereocenters. The molecule has 0 aliphatic heterocycles. The van der Waals surface area contributed by atoms with Crippen LogP contribution in [0.5, 0.6) is 0 Å². The van der Waals surface area contributed by atoms with Gasteiger partial charge in [-0.3, -0.25) is 9.78 Å². The first-order chi connectivity index (χ1) is 12.9. The van der Waals surface area contributed by atoms with Crippen LogP contribution in [0.25, 0.3) is 0 Å². The molecule has 0 saturated carbocycles. The lowest BCUT2D eigenvalue weighted by atomic mass is 9.96. The molecule has 0 aliphatic rings. The van der Waals surface area contributed by atoms with Gasteiger partial charge in [-0.2, -0.15) is 0 Å². The van der Waals surface area contributed by atoms with Gasteiger partial charge in [0.15, 0.2) is 0 Å². The molecule has 0 spiro atoms. The van der Waals surface area contributed by atoms with Crippen LogP contribution in [0.2, 0.25) is 0 Å². The van der Waals surface area contributed by atoms with Crippen molar-refractivity contribution in [2.75, 3.05) is 6.61 Å². The van der Waals surface area contributed by atoms with E-state index in [0.717, 1.165) is 12.1 Å². The molecule has 0 bridgehead atoms. The van der Waals surface area contributed by atoms with Gasteiger partial charge >= 0.3 is 5.97 Å². The Kier molecular flexibility index (Phi) is 7.40. The normalized spacial score (nSPS) is 12.9. The van der Waals surface area contributed by atoms with Gasteiger partial charge in [-0.25, -0.2) is 13.6 Å². The maximum absolute atomic E-state index is 13.9. The van der Waals surface area contributed by atoms with Crippen molar-refractivity contribution >= 4 is 11.9 Å². The maximum Gasteiger partial charge on any atom is 0.329 e. The molecule has 1 aromatic carbocycles. The van der Waals surface area contributed by atoms with Crippen LogP contribution in [0, 0.1) is 11.6 Å². The molecule has 5 nitrogen and oxygen atoms in total. The van der Waals surface area contributed by atoms with Gasteiger partial charge in [0.1, 0.15) is 17.7 Å². The van der Waals surface area contributed by atoms with Crippen molar-refractivity contribution < 1.29 is 23.1 Å². The van der Waals surface area contributed by atoms with Crippen LogP contribution in [-0.4, -0.2) is 29.5 Å². The van der Waals surface area contributed by atoms with E-state index in [0.29, 0.717) is 5.69 Å². The van der Waals surface area contributed by atoms with Crippen molar-refractivity contribution in [3.63, 3.8) is 0 Å². The second-order valence-electron chi connectivity index (χ2n) is 6.17. The number of halogens is 2. The summed E-state index contributed by atoms with van der Waals surface area (Å²) in [6.07, 6.45) is 1.73. The number of carbonyl (C=O) groups excluding carboxylic acids is 2. The smallest absolute Gasteiger partial charge is 0.329 e. The van der Waals surface area contributed by atoms with E-state index in [1.165, 1.54) is 6.07 Å². The summed E-state index contributed by atoms with van der Waals surface area (Å²) < 4.78 is 31.9. The Morgan fingerprint density at radius 1 is 1.22 bits per heavy atom. The highest BCUT2D eigenvalue weighted by Crippen LogP contribution is 2.22. The zero-order valence-electron chi connectivity index (χ0n) is 15.2. The molecule has 1 heterocycles. The van der Waals surface area contributed by atoms with Crippen LogP contribution in [0.3, 0.4) is 0 Å². The van der Waals surface area contributed by atoms with E-state index in [-0.39, 0.29) is 25.0 Å². The lowest BCUT2D eigenvalue weighted by Crippen LogP contribution is -2.43. The summed E-state index contributed by atoms with van der Waals surface area (Å²) in [5.41, 5.74) is 0.873. The highest BCUT2D eigenvalue weighted by atomic mass is 19.1. The van der Waals surface area contributed by atoms with Crippen LogP contribution in [-0.2, 0) is 20.7 Å². The predicted octanol–water partition coefficient (Wildman–Crippen LogP) is 3.14. The van der Waals surface area contributed by atoms with Crippen molar-refractivity contribution in [3.05, 3.63) is 65.5 Å². The quantitative estimate of drug-likeness (QED) is 0.719. The lowest BCUT2D eigenvalue weighted by molar-refractivity contribution is -0.147. The monoisotopic (exact) mass is 376 g/mol. The van der Waals surface area contributed by atoms with Gasteiger partial charge < -0.3 is 10.1 Å². The molecule has 1 amide bonds. The fourth-order valence-electron chi connectivity index (χ4n) is 2.71. The Morgan fingerprint density at radius 3 is 2.63 bits per heavy atom. The number of hydrogen-bond donors (Lipinski definition) is 1. The fraction of sp³-hybridized carbons (Fsp3) is 0.350. The Bertz CT molecular complexity index is 784. The molecule has 1 N–H and O–H groups in total. The summed E-state index contributed by atoms with van der Waals surface area (Å²) in [6, 6.07) is 7.64. The number of nitrogens with one attached hydrogen (secondary N) is 1. The number of carbonyl (C=O) groups is 2. The third-order valence-corrected chi connectivity index (χ3v) is 4.03. The first-order valence-electron chi connectivity index (χ1n) is 8.71. The largest absolute Gasteiger partial charge is 0.464 e. The second-order valence-corrected chi connectivity index (χ2v) is 6.17. The Labute approximate surface area is 156 Å². The Morgan fingerprint density at radius 2 is 2.00 bits per heavy atom. The Balaban J connectivity index is 2.04. The van der Waals surface area contributed by atoms with E-state index in [4.69, 9.17) is 4.74 Å². The number of amides is 1. The van der Waals surface area contributed by atoms with Crippen LogP contribution >= 0.6 is 0 Å². The van der Waals surface area contributed by atoms with Crippen LogP contribution in [0.15, 0.2) is 42.6 Å². The van der Waals surface area contributed by atoms with Crippen molar-refractivity contribution in [3.8, 4) is 0 Å². The molecular weight excluding hydrogens is 354 g/mol. The maximum atomic E-state index is 13.9. The number of rotatable bonds is 8. The van der Waals surface area contributed by atoms with Crippen molar-refractivity contribution in [2.24, 2.45) is 0 Å². The molecule has 0 fully saturated rings. The predicted molar refractivity (Wildman–Crippen MR) is 95.9 cm³/mol. The SMILES string of the molecule is CCOC(=O)[C@@H](Cc1ccccn1)NC(=O)C[C@@H](C)c1ccc(F)cc1F. The number of pyridine rings is 1. The number of hydrogen-bond acceptors (Lipinski definition) is 4. The van der Waals surface area contributed by atoms with Gasteiger partial charge in [0.25, 0.3) is 0 Å². The van der Waals surface area contributed by atoms with E-state index in [1.807, 2.05) is 0 Å². The van der Waals surface area contributed by atoms with E-state index >= 15 is 0 Å². The summed E-state index contributed by atoms with van der Waals surface area (Å²) in [6.45, 7) is 3.52. The van der Waals surface area contributed by atoms with Crippen molar-refractivity contribution in [2.45, 2.75) is 38.6 Å². The number of ether oxygens (including phenoxy) is 1. The molecule has 0 saturated heterocycles. The van der Waals surface area contributed by atoms with Crippen molar-refractivity contribution in [1.82, 2.24) is 10.3 Å². The molecule has 2 aromatic rings. The zero-order valence-corrected chi connectivity index (χ0v) is 15.2. The second kappa shape index (κ2) is 9.75. The molecule has 144 valence electrons. The summed E-state index contributed by atoms with van der Waals surface area (Å²) in [4.78, 5) is 28.7. The molecule has 0 unspecified atom stereocenters. The highest BCUT2D eigenvalue weighted by Gasteiger charge is 2.24. The van der Waals surface area contributed by atoms with Gasteiger partial charge in [0, 0.05) is 30.8 Å². The first kappa shape index (κ1) is 20.5. The Hall–Kier alpha value is -2.83. The molecule has 1 aromatic heterocycles. The van der Waals surface area contributed by atoms with Crippen LogP contribution < -0.4 is 5.32 Å². The van der Waals surface area contributed by atoms with Crippen LogP contribution in [0.4, 0.5) is 8.78 Å². The summed E-state index contributed by atoms with van der Waals surface area (Å²) in [5, 5.41) is 2.63. The van der Waals surface area contributed by atoms with E-state index in [2.05, 4.69) is 10.3 Å². The van der Waals surface area contributed by atoms with E-state index in [1.54, 1.807) is 38.2 Å². The molecular formula is C20H22F2N2O3. The molecule has 0 aliphatic carbocycles. The molecule has 2 rings (SSSR count). The van der Waals surface area contributed by atoms with Gasteiger partial charge in [0.05, 0.1) is 6.61 Å². The van der Waals surface area contributed by atoms with E-state index < -0.39 is 35.5 Å². The highest BCUT2D eigenvalue weighted by molar-refractivity contribution is 5.85. The minimum Gasteiger partial charge on any atom is -0.464 e. The number of aromatic nitrogens is 1. The fourth-order valence-corrected chi connectivity index (χ4v) is 2.71. The summed E-state index contributed by atoms with van der Waals surface area (Å²) in [5.74, 6) is -2.85. The number of esters is 1. The summed E-state index contributed by atoms with van der Waals surface area (Å²) >= 11 is 0. The third-order valence-electron chi connectivity index (χ3n) is 4.03. The summed E-state index contributed by atoms with van der Waals surface area (Å²) in [7, 11) is 0. The minimum atomic E-state index is -0.891. The standard InChI is InChI=1S/C20H22F2N2O3/c1-3-27-20(26)18(12-15-6-4-5-9-23-15)24-19(25)10-13(2)16-8-7-14(21)11-17(16)22/h4-9,11,13,18H,3,10,12H2,1-2H3,(H,24,25)/t13-,18-/m1/s1. The number of nitrogens with zero attached hydrogens (tertiary/aromatic N) is 1. The average molecular weight is 376 g/mol. The van der Waals surface area contributed by atoms with Crippen LogP contribution in [0.1, 0.15) is 37.4 Å². The van der Waals surface area contributed by atoms with E-state index in [9.17, 15) is 18.4 Å². The first-order valence-corrected chi connectivity index (χ1v) is 8.71. The lowest BCUT2D eigenvalue weighted by Gasteiger charge is -2.19. The molecule has 7 heteroatoms. The molecule has 0 radical (unpaired) electrons. The van der Waals surface area contributed by atoms with Gasteiger partial charge in [-0.05, 0) is 36.6 Å². The average Bonchev–Trinajstić information content (AvgIpc) is 2.62. The number of benzene rings is 1. The zero-order chi connectivity index (χ0) is 19.8. The third kappa shape index (κ3) is 6.13. The topological polar surface area (TPSA) is 68.3 Å². The molecule has 27 heavy (non-hydrogen) atoms. The van der Waals surface area contributed by atoms with Gasteiger partial charge in [0.2, 0.25) is 5.91 Å². The van der Waals surface area contributed by atoms with Crippen molar-refractivity contribution in [1.29, 1.82) is 0 Å². The van der Waals surface area contributed by atoms with Gasteiger partial charge in [-0.1, -0.05) is 19.1 Å².